The quantitative estimate of drug-likeness (QED) is 0.793. The number of alkyl halides is 1. The molecule has 3 rings (SSSR count). The molecule has 2 aromatic rings. The minimum absolute atomic E-state index is 0.123. The van der Waals surface area contributed by atoms with Gasteiger partial charge in [0.15, 0.2) is 0 Å². The molecule has 0 atom stereocenters. The highest BCUT2D eigenvalue weighted by Crippen LogP contribution is 2.35. The highest BCUT2D eigenvalue weighted by atomic mass is 32.2. The number of carbonyl (C=O) groups excluding carboxylic acids is 2. The van der Waals surface area contributed by atoms with Gasteiger partial charge in [-0.15, -0.1) is 11.3 Å². The lowest BCUT2D eigenvalue weighted by molar-refractivity contribution is 0.100. The molecule has 138 valence electrons. The van der Waals surface area contributed by atoms with Crippen LogP contribution in [0.25, 0.3) is 0 Å². The molecule has 0 bridgehead atoms. The number of nitrogens with zero attached hydrogens (tertiary/aromatic N) is 1. The molecule has 0 saturated carbocycles. The molecule has 1 aromatic carbocycles. The molecule has 0 unspecified atom stereocenters. The molecule has 1 aliphatic heterocycles. The lowest BCUT2D eigenvalue weighted by atomic mass is 10.2. The largest absolute Gasteiger partial charge is 0.366 e. The van der Waals surface area contributed by atoms with Crippen molar-refractivity contribution in [2.45, 2.75) is 10.4 Å². The fourth-order valence-electron chi connectivity index (χ4n) is 2.30. The van der Waals surface area contributed by atoms with Gasteiger partial charge in [-0.05, 0) is 18.2 Å². The van der Waals surface area contributed by atoms with Crippen LogP contribution < -0.4 is 11.1 Å². The van der Waals surface area contributed by atoms with Crippen LogP contribution in [-0.2, 0) is 10.0 Å². The van der Waals surface area contributed by atoms with E-state index in [9.17, 15) is 26.8 Å². The molecule has 1 fully saturated rings. The Hall–Kier alpha value is -2.37. The molecule has 2 heterocycles. The summed E-state index contributed by atoms with van der Waals surface area (Å²) >= 11 is 0.595. The summed E-state index contributed by atoms with van der Waals surface area (Å²) < 4.78 is 52.1. The number of hydrogen-bond donors (Lipinski definition) is 2. The number of benzene rings is 1. The van der Waals surface area contributed by atoms with Gasteiger partial charge < -0.3 is 11.1 Å². The minimum atomic E-state index is -4.00. The summed E-state index contributed by atoms with van der Waals surface area (Å²) in [5.41, 5.74) is 4.73. The Morgan fingerprint density at radius 2 is 1.88 bits per heavy atom. The van der Waals surface area contributed by atoms with Crippen molar-refractivity contribution in [2.75, 3.05) is 18.4 Å². The maximum Gasteiger partial charge on any atom is 0.259 e. The highest BCUT2D eigenvalue weighted by Gasteiger charge is 2.38. The lowest BCUT2D eigenvalue weighted by Crippen LogP contribution is -2.51. The summed E-state index contributed by atoms with van der Waals surface area (Å²) in [7, 11) is -4.00. The number of nitrogens with two attached hydrogens (primary N) is 1. The third kappa shape index (κ3) is 3.32. The molecule has 26 heavy (non-hydrogen) atoms. The van der Waals surface area contributed by atoms with Gasteiger partial charge in [0.05, 0.1) is 11.1 Å². The van der Waals surface area contributed by atoms with Crippen LogP contribution in [0.4, 0.5) is 13.8 Å². The monoisotopic (exact) mass is 401 g/mol. The maximum absolute atomic E-state index is 13.7. The Bertz CT molecular complexity index is 985. The smallest absolute Gasteiger partial charge is 0.259 e. The average molecular weight is 401 g/mol. The molecule has 0 spiro atoms. The second-order valence-corrected chi connectivity index (χ2v) is 8.74. The Kier molecular flexibility index (Phi) is 4.78. The molecule has 0 radical (unpaired) electrons. The molecular weight excluding hydrogens is 388 g/mol. The molecule has 3 N–H and O–H groups in total. The molecule has 1 aliphatic rings. The van der Waals surface area contributed by atoms with Crippen LogP contribution in [0, 0.1) is 5.82 Å². The number of carbonyl (C=O) groups is 2. The molecule has 0 aliphatic carbocycles. The van der Waals surface area contributed by atoms with E-state index in [-0.39, 0.29) is 33.4 Å². The van der Waals surface area contributed by atoms with E-state index in [2.05, 4.69) is 5.32 Å². The third-order valence-electron chi connectivity index (χ3n) is 3.72. The number of hydrogen-bond acceptors (Lipinski definition) is 5. The SMILES string of the molecule is NC(=O)c1cc(S(=O)(=O)N2CC(F)C2)sc1NC(=O)c1ccccc1F. The van der Waals surface area contributed by atoms with Crippen molar-refractivity contribution in [3.05, 3.63) is 47.3 Å². The summed E-state index contributed by atoms with van der Waals surface area (Å²) in [6.45, 7) is -0.549. The second kappa shape index (κ2) is 6.74. The standard InChI is InChI=1S/C15H13F2N3O4S2/c16-8-6-20(7-8)26(23,24)12-5-10(13(18)21)15(25-12)19-14(22)9-3-1-2-4-11(9)17/h1-5,8H,6-7H2,(H2,18,21)(H,19,22). The summed E-state index contributed by atoms with van der Waals surface area (Å²) in [4.78, 5) is 23.8. The number of sulfonamides is 1. The topological polar surface area (TPSA) is 110 Å². The number of primary amides is 1. The number of rotatable bonds is 5. The van der Waals surface area contributed by atoms with Gasteiger partial charge in [0.2, 0.25) is 0 Å². The molecule has 11 heteroatoms. The van der Waals surface area contributed by atoms with E-state index in [0.29, 0.717) is 11.3 Å². The Morgan fingerprint density at radius 3 is 2.46 bits per heavy atom. The van der Waals surface area contributed by atoms with Gasteiger partial charge in [-0.2, -0.15) is 4.31 Å². The van der Waals surface area contributed by atoms with Crippen molar-refractivity contribution in [1.82, 2.24) is 4.31 Å². The van der Waals surface area contributed by atoms with Gasteiger partial charge in [0.1, 0.15) is 21.2 Å². The van der Waals surface area contributed by atoms with Gasteiger partial charge in [-0.1, -0.05) is 12.1 Å². The van der Waals surface area contributed by atoms with Gasteiger partial charge >= 0.3 is 0 Å². The number of anilines is 1. The first-order chi connectivity index (χ1) is 12.2. The van der Waals surface area contributed by atoms with Crippen LogP contribution >= 0.6 is 11.3 Å². The highest BCUT2D eigenvalue weighted by molar-refractivity contribution is 7.91. The van der Waals surface area contributed by atoms with E-state index in [1.54, 1.807) is 0 Å². The zero-order valence-electron chi connectivity index (χ0n) is 13.1. The summed E-state index contributed by atoms with van der Waals surface area (Å²) in [6.07, 6.45) is -1.24. The lowest BCUT2D eigenvalue weighted by Gasteiger charge is -2.32. The Balaban J connectivity index is 1.92. The zero-order valence-corrected chi connectivity index (χ0v) is 14.7. The van der Waals surface area contributed by atoms with Crippen LogP contribution in [0.5, 0.6) is 0 Å². The summed E-state index contributed by atoms with van der Waals surface area (Å²) in [6, 6.07) is 6.20. The fraction of sp³-hybridized carbons (Fsp3) is 0.200. The molecule has 7 nitrogen and oxygen atoms in total. The molecule has 1 aromatic heterocycles. The van der Waals surface area contributed by atoms with Crippen LogP contribution in [0.3, 0.4) is 0 Å². The molecule has 2 amide bonds. The normalized spacial score (nSPS) is 15.5. The third-order valence-corrected chi connectivity index (χ3v) is 7.05. The maximum atomic E-state index is 13.7. The molecule has 1 saturated heterocycles. The fourth-order valence-corrected chi connectivity index (χ4v) is 5.32. The predicted octanol–water partition coefficient (Wildman–Crippen LogP) is 1.58. The van der Waals surface area contributed by atoms with E-state index in [0.717, 1.165) is 16.4 Å². The first-order valence-electron chi connectivity index (χ1n) is 7.34. The van der Waals surface area contributed by atoms with Crippen LogP contribution in [0.15, 0.2) is 34.5 Å². The van der Waals surface area contributed by atoms with E-state index >= 15 is 0 Å². The predicted molar refractivity (Wildman–Crippen MR) is 90.8 cm³/mol. The number of halogens is 2. The Morgan fingerprint density at radius 1 is 1.23 bits per heavy atom. The van der Waals surface area contributed by atoms with Crippen molar-refractivity contribution < 1.29 is 26.8 Å². The van der Waals surface area contributed by atoms with Crippen molar-refractivity contribution in [2.24, 2.45) is 5.73 Å². The number of amides is 2. The first kappa shape index (κ1) is 18.4. The van der Waals surface area contributed by atoms with E-state index in [4.69, 9.17) is 5.73 Å². The zero-order chi connectivity index (χ0) is 19.1. The summed E-state index contributed by atoms with van der Waals surface area (Å²) in [5.74, 6) is -2.59. The van der Waals surface area contributed by atoms with Gasteiger partial charge in [-0.25, -0.2) is 17.2 Å². The average Bonchev–Trinajstić information content (AvgIpc) is 2.97. The minimum Gasteiger partial charge on any atom is -0.366 e. The van der Waals surface area contributed by atoms with Gasteiger partial charge in [0, 0.05) is 13.1 Å². The van der Waals surface area contributed by atoms with Gasteiger partial charge in [-0.3, -0.25) is 9.59 Å². The van der Waals surface area contributed by atoms with Crippen molar-refractivity contribution in [3.63, 3.8) is 0 Å². The van der Waals surface area contributed by atoms with Crippen molar-refractivity contribution in [1.29, 1.82) is 0 Å². The Labute approximate surface area is 151 Å². The van der Waals surface area contributed by atoms with Crippen molar-refractivity contribution >= 4 is 38.2 Å². The first-order valence-corrected chi connectivity index (χ1v) is 9.59. The number of nitrogens with one attached hydrogen (secondary N) is 1. The van der Waals surface area contributed by atoms with Gasteiger partial charge in [0.25, 0.3) is 21.8 Å². The van der Waals surface area contributed by atoms with E-state index in [1.807, 2.05) is 0 Å². The number of thiophene rings is 1. The van der Waals surface area contributed by atoms with Crippen molar-refractivity contribution in [3.8, 4) is 0 Å². The van der Waals surface area contributed by atoms with Crippen LogP contribution in [-0.4, -0.2) is 43.8 Å². The molecular formula is C15H13F2N3O4S2. The summed E-state index contributed by atoms with van der Waals surface area (Å²) in [5, 5.41) is 2.18. The van der Waals surface area contributed by atoms with E-state index < -0.39 is 33.8 Å². The van der Waals surface area contributed by atoms with Crippen LogP contribution in [0.2, 0.25) is 0 Å². The second-order valence-electron chi connectivity index (χ2n) is 5.53. The van der Waals surface area contributed by atoms with E-state index in [1.165, 1.54) is 18.2 Å². The van der Waals surface area contributed by atoms with Crippen LogP contribution in [0.1, 0.15) is 20.7 Å².